The highest BCUT2D eigenvalue weighted by atomic mass is 16.6. The van der Waals surface area contributed by atoms with Gasteiger partial charge < -0.3 is 9.47 Å². The van der Waals surface area contributed by atoms with Gasteiger partial charge in [0.2, 0.25) is 0 Å². The molecule has 0 aliphatic carbocycles. The maximum Gasteiger partial charge on any atom is 0.417 e. The van der Waals surface area contributed by atoms with Gasteiger partial charge in [0.15, 0.2) is 0 Å². The number of ether oxygens (including phenoxy) is 2. The van der Waals surface area contributed by atoms with Gasteiger partial charge >= 0.3 is 6.09 Å². The van der Waals surface area contributed by atoms with Crippen molar-refractivity contribution in [1.29, 1.82) is 0 Å². The molecule has 1 aromatic carbocycles. The molecule has 1 heterocycles. The highest BCUT2D eigenvalue weighted by Gasteiger charge is 2.40. The van der Waals surface area contributed by atoms with Crippen LogP contribution in [0.3, 0.4) is 0 Å². The lowest BCUT2D eigenvalue weighted by Gasteiger charge is -2.20. The summed E-state index contributed by atoms with van der Waals surface area (Å²) in [6.45, 7) is 3.51. The highest BCUT2D eigenvalue weighted by Crippen LogP contribution is 2.26. The van der Waals surface area contributed by atoms with Gasteiger partial charge in [0, 0.05) is 0 Å². The number of carbonyl (C=O) groups is 2. The predicted octanol–water partition coefficient (Wildman–Crippen LogP) is 2.47. The zero-order valence-corrected chi connectivity index (χ0v) is 11.8. The van der Waals surface area contributed by atoms with E-state index in [-0.39, 0.29) is 12.5 Å². The van der Waals surface area contributed by atoms with Crippen LogP contribution in [0.15, 0.2) is 41.7 Å². The van der Waals surface area contributed by atoms with Gasteiger partial charge in [-0.15, -0.1) is 0 Å². The minimum Gasteiger partial charge on any atom is -0.498 e. The number of carbonyl (C=O) groups excluding carboxylic acids is 2. The quantitative estimate of drug-likeness (QED) is 0.850. The van der Waals surface area contributed by atoms with Crippen LogP contribution in [0.2, 0.25) is 0 Å². The molecule has 1 aromatic rings. The van der Waals surface area contributed by atoms with E-state index in [1.807, 2.05) is 30.3 Å². The van der Waals surface area contributed by atoms with Crippen LogP contribution in [-0.2, 0) is 20.9 Å². The van der Waals surface area contributed by atoms with Crippen molar-refractivity contribution in [3.63, 3.8) is 0 Å². The minimum absolute atomic E-state index is 0.136. The third kappa shape index (κ3) is 2.52. The minimum atomic E-state index is -0.655. The number of benzene rings is 1. The Labute approximate surface area is 117 Å². The van der Waals surface area contributed by atoms with Crippen molar-refractivity contribution in [3.8, 4) is 0 Å². The first kappa shape index (κ1) is 14.1. The van der Waals surface area contributed by atoms with Crippen molar-refractivity contribution in [3.05, 3.63) is 47.2 Å². The summed E-state index contributed by atoms with van der Waals surface area (Å²) < 4.78 is 10.3. The van der Waals surface area contributed by atoms with Crippen LogP contribution < -0.4 is 0 Å². The molecule has 0 spiro atoms. The average molecular weight is 275 g/mol. The summed E-state index contributed by atoms with van der Waals surface area (Å²) >= 11 is 0. The van der Waals surface area contributed by atoms with E-state index in [1.54, 1.807) is 13.8 Å². The molecule has 1 atom stereocenters. The Kier molecular flexibility index (Phi) is 4.08. The second-order valence-corrected chi connectivity index (χ2v) is 4.58. The zero-order valence-electron chi connectivity index (χ0n) is 11.8. The van der Waals surface area contributed by atoms with Gasteiger partial charge in [-0.05, 0) is 19.4 Å². The monoisotopic (exact) mass is 275 g/mol. The van der Waals surface area contributed by atoms with Gasteiger partial charge in [-0.2, -0.15) is 0 Å². The van der Waals surface area contributed by atoms with E-state index in [1.165, 1.54) is 7.11 Å². The third-order valence-corrected chi connectivity index (χ3v) is 3.30. The van der Waals surface area contributed by atoms with E-state index in [2.05, 4.69) is 0 Å². The summed E-state index contributed by atoms with van der Waals surface area (Å²) in [7, 11) is 1.49. The Morgan fingerprint density at radius 2 is 1.95 bits per heavy atom. The molecule has 5 nitrogen and oxygen atoms in total. The van der Waals surface area contributed by atoms with E-state index in [4.69, 9.17) is 9.47 Å². The number of rotatable bonds is 3. The van der Waals surface area contributed by atoms with Gasteiger partial charge in [0.25, 0.3) is 5.91 Å². The molecule has 2 amide bonds. The van der Waals surface area contributed by atoms with E-state index in [9.17, 15) is 9.59 Å². The molecule has 0 unspecified atom stereocenters. The van der Waals surface area contributed by atoms with Crippen LogP contribution in [0.1, 0.15) is 19.4 Å². The van der Waals surface area contributed by atoms with Crippen molar-refractivity contribution < 1.29 is 19.1 Å². The molecule has 1 aliphatic rings. The molecule has 0 fully saturated rings. The number of methoxy groups -OCH3 is 1. The van der Waals surface area contributed by atoms with Crippen molar-refractivity contribution in [1.82, 2.24) is 4.90 Å². The van der Waals surface area contributed by atoms with Crippen LogP contribution in [0.25, 0.3) is 0 Å². The molecule has 20 heavy (non-hydrogen) atoms. The molecular weight excluding hydrogens is 258 g/mol. The molecule has 0 bridgehead atoms. The predicted molar refractivity (Wildman–Crippen MR) is 72.6 cm³/mol. The fraction of sp³-hybridized carbons (Fsp3) is 0.333. The maximum absolute atomic E-state index is 12.0. The zero-order chi connectivity index (χ0) is 14.7. The first-order chi connectivity index (χ1) is 9.56. The number of nitrogens with zero attached hydrogens (tertiary/aromatic N) is 1. The summed E-state index contributed by atoms with van der Waals surface area (Å²) in [5, 5.41) is 0. The smallest absolute Gasteiger partial charge is 0.417 e. The topological polar surface area (TPSA) is 55.8 Å². The lowest BCUT2D eigenvalue weighted by atomic mass is 10.2. The van der Waals surface area contributed by atoms with Gasteiger partial charge in [0.05, 0.1) is 18.7 Å². The second kappa shape index (κ2) is 5.77. The number of hydrogen-bond donors (Lipinski definition) is 0. The van der Waals surface area contributed by atoms with Crippen molar-refractivity contribution in [2.45, 2.75) is 26.5 Å². The molecule has 1 aliphatic heterocycles. The average Bonchev–Trinajstić information content (AvgIpc) is 2.67. The lowest BCUT2D eigenvalue weighted by molar-refractivity contribution is -0.125. The molecule has 0 aromatic heterocycles. The molecule has 5 heteroatoms. The van der Waals surface area contributed by atoms with Gasteiger partial charge in [0.1, 0.15) is 12.4 Å². The molecule has 2 rings (SSSR count). The van der Waals surface area contributed by atoms with Crippen molar-refractivity contribution in [2.24, 2.45) is 0 Å². The molecular formula is C15H17NO4. The summed E-state index contributed by atoms with van der Waals surface area (Å²) in [6, 6.07) is 8.88. The number of hydrogen-bond acceptors (Lipinski definition) is 4. The van der Waals surface area contributed by atoms with E-state index in [0.29, 0.717) is 11.3 Å². The second-order valence-electron chi connectivity index (χ2n) is 4.58. The Morgan fingerprint density at radius 1 is 1.30 bits per heavy atom. The highest BCUT2D eigenvalue weighted by molar-refractivity contribution is 6.05. The van der Waals surface area contributed by atoms with Crippen LogP contribution in [0.5, 0.6) is 0 Å². The van der Waals surface area contributed by atoms with Crippen LogP contribution >= 0.6 is 0 Å². The Morgan fingerprint density at radius 3 is 2.50 bits per heavy atom. The van der Waals surface area contributed by atoms with E-state index >= 15 is 0 Å². The van der Waals surface area contributed by atoms with Crippen molar-refractivity contribution >= 4 is 12.0 Å². The summed E-state index contributed by atoms with van der Waals surface area (Å²) in [4.78, 5) is 25.2. The van der Waals surface area contributed by atoms with Gasteiger partial charge in [-0.3, -0.25) is 4.79 Å². The summed E-state index contributed by atoms with van der Waals surface area (Å²) in [6.07, 6.45) is -0.655. The number of amides is 2. The standard InChI is InChI=1S/C15H17NO4/c1-10-13(19-3)11(2)16(14(10)17)15(18)20-9-12-7-5-4-6-8-12/h4-8,11H,9H2,1-3H3/t11-/m0/s1. The normalized spacial score (nSPS) is 18.4. The Bertz CT molecular complexity index is 550. The summed E-state index contributed by atoms with van der Waals surface area (Å²) in [5.74, 6) is 0.138. The largest absolute Gasteiger partial charge is 0.498 e. The molecule has 106 valence electrons. The fourth-order valence-electron chi connectivity index (χ4n) is 2.25. The summed E-state index contributed by atoms with van der Waals surface area (Å²) in [5.41, 5.74) is 1.31. The van der Waals surface area contributed by atoms with Gasteiger partial charge in [-0.1, -0.05) is 30.3 Å². The molecule has 0 radical (unpaired) electrons. The molecule has 0 saturated heterocycles. The van der Waals surface area contributed by atoms with Crippen molar-refractivity contribution in [2.75, 3.05) is 7.11 Å². The van der Waals surface area contributed by atoms with Gasteiger partial charge in [-0.25, -0.2) is 9.69 Å². The van der Waals surface area contributed by atoms with Crippen LogP contribution in [0.4, 0.5) is 4.79 Å². The molecule has 0 N–H and O–H groups in total. The fourth-order valence-corrected chi connectivity index (χ4v) is 2.25. The van der Waals surface area contributed by atoms with E-state index in [0.717, 1.165) is 10.5 Å². The maximum atomic E-state index is 12.0. The van der Waals surface area contributed by atoms with E-state index < -0.39 is 12.1 Å². The molecule has 0 saturated carbocycles. The lowest BCUT2D eigenvalue weighted by Crippen LogP contribution is -2.39. The SMILES string of the molecule is COC1=C(C)C(=O)N(C(=O)OCc2ccccc2)[C@H]1C. The third-order valence-electron chi connectivity index (χ3n) is 3.30. The number of imide groups is 1. The van der Waals surface area contributed by atoms with Crippen LogP contribution in [-0.4, -0.2) is 30.1 Å². The Hall–Kier alpha value is -2.30. The first-order valence-electron chi connectivity index (χ1n) is 6.35. The first-order valence-corrected chi connectivity index (χ1v) is 6.35. The Balaban J connectivity index is 2.02. The van der Waals surface area contributed by atoms with Crippen LogP contribution in [0, 0.1) is 0 Å².